The van der Waals surface area contributed by atoms with Gasteiger partial charge in [-0.3, -0.25) is 0 Å². The van der Waals surface area contributed by atoms with E-state index in [4.69, 9.17) is 0 Å². The molecule has 0 bridgehead atoms. The van der Waals surface area contributed by atoms with Crippen LogP contribution in [-0.4, -0.2) is 37.3 Å². The fourth-order valence-corrected chi connectivity index (χ4v) is 2.48. The first-order chi connectivity index (χ1) is 7.04. The molecule has 0 aromatic rings. The number of rotatable bonds is 2. The number of nitrogens with zero attached hydrogens (tertiary/aromatic N) is 1. The quantitative estimate of drug-likeness (QED) is 0.395. The topological polar surface area (TPSA) is 0 Å². The van der Waals surface area contributed by atoms with Gasteiger partial charge in [-0.2, -0.15) is 0 Å². The van der Waals surface area contributed by atoms with Crippen LogP contribution in [0.4, 0.5) is 0 Å². The number of hydrogen-bond acceptors (Lipinski definition) is 1. The minimum atomic E-state index is 0.382. The van der Waals surface area contributed by atoms with Crippen LogP contribution in [0.1, 0.15) is 25.7 Å². The summed E-state index contributed by atoms with van der Waals surface area (Å²) in [4.78, 5) is 0. The lowest BCUT2D eigenvalue weighted by Crippen LogP contribution is -2.42. The molecule has 1 unspecified atom stereocenters. The first kappa shape index (κ1) is 12.7. The van der Waals surface area contributed by atoms with Crippen LogP contribution >= 0.6 is 11.8 Å². The van der Waals surface area contributed by atoms with E-state index in [-0.39, 0.29) is 0 Å². The average Bonchev–Trinajstić information content (AvgIpc) is 2.18. The summed E-state index contributed by atoms with van der Waals surface area (Å²) >= 11 is 1.84. The Morgan fingerprint density at radius 1 is 1.33 bits per heavy atom. The maximum absolute atomic E-state index is 3.40. The van der Waals surface area contributed by atoms with Gasteiger partial charge in [0.1, 0.15) is 0 Å². The molecule has 0 heterocycles. The zero-order chi connectivity index (χ0) is 11.3. The highest BCUT2D eigenvalue weighted by Crippen LogP contribution is 2.18. The molecule has 1 aliphatic rings. The fraction of sp³-hybridized carbons (Fsp3) is 0.692. The molecule has 2 heteroatoms. The molecule has 84 valence electrons. The van der Waals surface area contributed by atoms with Crippen LogP contribution in [0, 0.1) is 11.8 Å². The Bertz CT molecular complexity index is 288. The highest BCUT2D eigenvalue weighted by molar-refractivity contribution is 7.99. The molecule has 0 aromatic heterocycles. The van der Waals surface area contributed by atoms with Gasteiger partial charge in [0.05, 0.1) is 21.1 Å². The molecule has 0 aromatic carbocycles. The van der Waals surface area contributed by atoms with E-state index < -0.39 is 0 Å². The molecule has 0 amide bonds. The van der Waals surface area contributed by atoms with Crippen LogP contribution < -0.4 is 0 Å². The Morgan fingerprint density at radius 2 is 2.07 bits per heavy atom. The lowest BCUT2D eigenvalue weighted by atomic mass is 10.0. The second-order valence-electron chi connectivity index (χ2n) is 4.95. The van der Waals surface area contributed by atoms with E-state index in [0.717, 1.165) is 4.48 Å². The van der Waals surface area contributed by atoms with Crippen LogP contribution in [0.15, 0.2) is 11.6 Å². The van der Waals surface area contributed by atoms with E-state index in [1.165, 1.54) is 31.3 Å². The summed E-state index contributed by atoms with van der Waals surface area (Å²) in [5, 5.41) is 0.382. The molecule has 0 N–H and O–H groups in total. The molecule has 15 heavy (non-hydrogen) atoms. The largest absolute Gasteiger partial charge is 0.310 e. The third-order valence-electron chi connectivity index (χ3n) is 2.57. The van der Waals surface area contributed by atoms with Crippen molar-refractivity contribution < 1.29 is 4.48 Å². The smallest absolute Gasteiger partial charge is 0.197 e. The minimum absolute atomic E-state index is 0.382. The van der Waals surface area contributed by atoms with Crippen molar-refractivity contribution >= 4 is 11.8 Å². The Hall–Kier alpha value is -0.390. The molecule has 0 spiro atoms. The molecule has 0 aliphatic heterocycles. The summed E-state index contributed by atoms with van der Waals surface area (Å²) in [7, 11) is 6.60. The first-order valence-corrected chi connectivity index (χ1v) is 6.87. The highest BCUT2D eigenvalue weighted by atomic mass is 32.2. The third kappa shape index (κ3) is 4.32. The monoisotopic (exact) mass is 224 g/mol. The Balaban J connectivity index is 2.65. The van der Waals surface area contributed by atoms with Crippen LogP contribution in [-0.2, 0) is 0 Å². The summed E-state index contributed by atoms with van der Waals surface area (Å²) in [6.45, 7) is 0. The predicted octanol–water partition coefficient (Wildman–Crippen LogP) is 2.89. The summed E-state index contributed by atoms with van der Waals surface area (Å²) in [5.41, 5.74) is 1.36. The van der Waals surface area contributed by atoms with Gasteiger partial charge in [0.25, 0.3) is 0 Å². The van der Waals surface area contributed by atoms with Gasteiger partial charge in [-0.05, 0) is 43.4 Å². The summed E-state index contributed by atoms with van der Waals surface area (Å²) in [6, 6.07) is 0. The number of thioether (sulfide) groups is 1. The van der Waals surface area contributed by atoms with Gasteiger partial charge >= 0.3 is 0 Å². The molecule has 1 rings (SSSR count). The van der Waals surface area contributed by atoms with Gasteiger partial charge in [-0.25, -0.2) is 0 Å². The summed E-state index contributed by atoms with van der Waals surface area (Å²) in [5.74, 6) is 6.75. The van der Waals surface area contributed by atoms with E-state index in [9.17, 15) is 0 Å². The van der Waals surface area contributed by atoms with Crippen LogP contribution in [0.25, 0.3) is 0 Å². The van der Waals surface area contributed by atoms with E-state index in [1.54, 1.807) is 0 Å². The number of allylic oxidation sites excluding steroid dienone is 2. The minimum Gasteiger partial charge on any atom is -0.310 e. The van der Waals surface area contributed by atoms with E-state index in [2.05, 4.69) is 45.3 Å². The van der Waals surface area contributed by atoms with Crippen molar-refractivity contribution in [3.63, 3.8) is 0 Å². The van der Waals surface area contributed by atoms with Crippen molar-refractivity contribution in [1.29, 1.82) is 0 Å². The van der Waals surface area contributed by atoms with Crippen LogP contribution in [0.5, 0.6) is 0 Å². The third-order valence-corrected chi connectivity index (χ3v) is 3.77. The van der Waals surface area contributed by atoms with E-state index in [1.807, 2.05) is 11.8 Å². The molecule has 0 saturated heterocycles. The zero-order valence-corrected chi connectivity index (χ0v) is 11.2. The molecule has 1 atom stereocenters. The zero-order valence-electron chi connectivity index (χ0n) is 10.3. The number of hydrogen-bond donors (Lipinski definition) is 0. The van der Waals surface area contributed by atoms with Gasteiger partial charge < -0.3 is 4.48 Å². The Kier molecular flexibility index (Phi) is 4.76. The van der Waals surface area contributed by atoms with Crippen molar-refractivity contribution in [3.8, 4) is 11.8 Å². The van der Waals surface area contributed by atoms with Crippen molar-refractivity contribution in [1.82, 2.24) is 0 Å². The molecule has 1 aliphatic carbocycles. The van der Waals surface area contributed by atoms with Crippen LogP contribution in [0.2, 0.25) is 0 Å². The van der Waals surface area contributed by atoms with E-state index >= 15 is 0 Å². The molecule has 0 fully saturated rings. The second kappa shape index (κ2) is 5.63. The standard InChI is InChI=1S/C13H22NS/c1-14(2,3)13(15-4)11-10-12-8-6-5-7-9-12/h8,13H,5-7,9H2,1-4H3/q+1. The second-order valence-corrected chi connectivity index (χ2v) is 5.87. The SMILES string of the molecule is CSC(C#CC1=CCCCC1)[N+](C)(C)C. The predicted molar refractivity (Wildman–Crippen MR) is 69.7 cm³/mol. The maximum Gasteiger partial charge on any atom is 0.197 e. The maximum atomic E-state index is 3.40. The van der Waals surface area contributed by atoms with Gasteiger partial charge in [-0.1, -0.05) is 23.8 Å². The lowest BCUT2D eigenvalue weighted by Gasteiger charge is -2.28. The molecular weight excluding hydrogens is 202 g/mol. The summed E-state index contributed by atoms with van der Waals surface area (Å²) < 4.78 is 0.904. The molecule has 0 radical (unpaired) electrons. The molecule has 0 saturated carbocycles. The molecular formula is C13H22NS+. The van der Waals surface area contributed by atoms with Gasteiger partial charge in [0, 0.05) is 0 Å². The van der Waals surface area contributed by atoms with E-state index in [0.29, 0.717) is 5.37 Å². The lowest BCUT2D eigenvalue weighted by molar-refractivity contribution is -0.872. The number of quaternary nitrogens is 1. The normalized spacial score (nSPS) is 18.8. The van der Waals surface area contributed by atoms with Crippen molar-refractivity contribution in [2.24, 2.45) is 0 Å². The van der Waals surface area contributed by atoms with Crippen LogP contribution in [0.3, 0.4) is 0 Å². The van der Waals surface area contributed by atoms with Crippen molar-refractivity contribution in [2.45, 2.75) is 31.1 Å². The van der Waals surface area contributed by atoms with Gasteiger partial charge in [0.2, 0.25) is 0 Å². The van der Waals surface area contributed by atoms with Crippen molar-refractivity contribution in [3.05, 3.63) is 11.6 Å². The van der Waals surface area contributed by atoms with Gasteiger partial charge in [0.15, 0.2) is 5.37 Å². The van der Waals surface area contributed by atoms with Crippen molar-refractivity contribution in [2.75, 3.05) is 27.4 Å². The highest BCUT2D eigenvalue weighted by Gasteiger charge is 2.19. The van der Waals surface area contributed by atoms with Gasteiger partial charge in [-0.15, -0.1) is 0 Å². The fourth-order valence-electron chi connectivity index (χ4n) is 1.67. The Labute approximate surface area is 98.5 Å². The average molecular weight is 224 g/mol. The Morgan fingerprint density at radius 3 is 2.53 bits per heavy atom. The first-order valence-electron chi connectivity index (χ1n) is 5.58. The summed E-state index contributed by atoms with van der Waals surface area (Å²) in [6.07, 6.45) is 9.51. The molecule has 1 nitrogen and oxygen atoms in total.